The number of Topliss-reactive ketones (excluding diaryl/α,β-unsaturated/α-hetero) is 1. The monoisotopic (exact) mass is 371 g/mol. The fraction of sp³-hybridized carbons (Fsp3) is 0.174. The van der Waals surface area contributed by atoms with Crippen molar-refractivity contribution in [2.75, 3.05) is 0 Å². The number of rotatable bonds is 2. The van der Waals surface area contributed by atoms with Gasteiger partial charge in [0.05, 0.1) is 17.0 Å². The van der Waals surface area contributed by atoms with Gasteiger partial charge in [-0.3, -0.25) is 4.79 Å². The van der Waals surface area contributed by atoms with Gasteiger partial charge in [-0.15, -0.1) is 0 Å². The van der Waals surface area contributed by atoms with Crippen LogP contribution in [0.25, 0.3) is 16.8 Å². The van der Waals surface area contributed by atoms with Gasteiger partial charge in [-0.2, -0.15) is 5.10 Å². The summed E-state index contributed by atoms with van der Waals surface area (Å²) in [4.78, 5) is 17.4. The van der Waals surface area contributed by atoms with E-state index in [-0.39, 0.29) is 17.5 Å². The van der Waals surface area contributed by atoms with Gasteiger partial charge in [-0.1, -0.05) is 42.5 Å². The fourth-order valence-corrected chi connectivity index (χ4v) is 4.12. The molecule has 5 heteroatoms. The zero-order chi connectivity index (χ0) is 19.3. The van der Waals surface area contributed by atoms with Crippen LogP contribution in [0.5, 0.6) is 0 Å². The minimum absolute atomic E-state index is 0.0101. The second kappa shape index (κ2) is 6.37. The molecule has 0 bridgehead atoms. The molecule has 2 aromatic heterocycles. The highest BCUT2D eigenvalue weighted by molar-refractivity contribution is 5.99. The molecule has 4 nitrogen and oxygen atoms in total. The molecule has 1 aliphatic rings. The van der Waals surface area contributed by atoms with Crippen LogP contribution < -0.4 is 0 Å². The number of aromatic nitrogens is 3. The summed E-state index contributed by atoms with van der Waals surface area (Å²) in [7, 11) is 0. The van der Waals surface area contributed by atoms with Gasteiger partial charge in [-0.25, -0.2) is 13.9 Å². The molecule has 5 rings (SSSR count). The number of ketones is 1. The van der Waals surface area contributed by atoms with Crippen molar-refractivity contribution in [1.82, 2.24) is 14.6 Å². The van der Waals surface area contributed by atoms with Crippen molar-refractivity contribution < 1.29 is 9.18 Å². The fourth-order valence-electron chi connectivity index (χ4n) is 4.12. The molecule has 0 saturated carbocycles. The lowest BCUT2D eigenvalue weighted by molar-refractivity contribution is 0.0962. The Kier molecular flexibility index (Phi) is 3.83. The quantitative estimate of drug-likeness (QED) is 0.511. The van der Waals surface area contributed by atoms with E-state index in [1.807, 2.05) is 41.8 Å². The number of carbonyl (C=O) groups is 1. The summed E-state index contributed by atoms with van der Waals surface area (Å²) in [5, 5.41) is 4.72. The first-order valence-electron chi connectivity index (χ1n) is 9.33. The average molecular weight is 371 g/mol. The molecule has 0 N–H and O–H groups in total. The summed E-state index contributed by atoms with van der Waals surface area (Å²) in [5.41, 5.74) is 6.16. The summed E-state index contributed by atoms with van der Waals surface area (Å²) >= 11 is 0. The number of nitrogens with zero attached hydrogens (tertiary/aromatic N) is 3. The molecule has 0 unspecified atom stereocenters. The summed E-state index contributed by atoms with van der Waals surface area (Å²) in [5.74, 6) is -0.205. The van der Waals surface area contributed by atoms with E-state index in [9.17, 15) is 9.18 Å². The van der Waals surface area contributed by atoms with Gasteiger partial charge in [0, 0.05) is 18.2 Å². The van der Waals surface area contributed by atoms with Crippen LogP contribution in [0.1, 0.15) is 39.6 Å². The van der Waals surface area contributed by atoms with Gasteiger partial charge >= 0.3 is 0 Å². The van der Waals surface area contributed by atoms with Crippen molar-refractivity contribution in [3.8, 4) is 11.1 Å². The molecule has 0 saturated heterocycles. The zero-order valence-corrected chi connectivity index (χ0v) is 15.4. The van der Waals surface area contributed by atoms with Crippen molar-refractivity contribution in [3.63, 3.8) is 0 Å². The molecule has 0 amide bonds. The normalized spacial score (nSPS) is 16.4. The van der Waals surface area contributed by atoms with E-state index in [1.165, 1.54) is 12.1 Å². The lowest BCUT2D eigenvalue weighted by atomic mass is 9.82. The molecule has 0 spiro atoms. The Hall–Kier alpha value is -3.34. The smallest absolute Gasteiger partial charge is 0.166 e. The van der Waals surface area contributed by atoms with Gasteiger partial charge < -0.3 is 0 Å². The number of aryl methyl sites for hydroxylation is 1. The molecule has 2 heterocycles. The molecule has 4 aromatic rings. The van der Waals surface area contributed by atoms with E-state index in [0.29, 0.717) is 18.4 Å². The summed E-state index contributed by atoms with van der Waals surface area (Å²) in [6.45, 7) is 1.96. The third-order valence-corrected chi connectivity index (χ3v) is 5.49. The molecule has 28 heavy (non-hydrogen) atoms. The second-order valence-corrected chi connectivity index (χ2v) is 7.26. The van der Waals surface area contributed by atoms with E-state index in [4.69, 9.17) is 5.10 Å². The van der Waals surface area contributed by atoms with Crippen molar-refractivity contribution in [2.45, 2.75) is 25.7 Å². The van der Waals surface area contributed by atoms with Crippen molar-refractivity contribution >= 4 is 11.4 Å². The first-order valence-corrected chi connectivity index (χ1v) is 9.33. The number of halogens is 1. The van der Waals surface area contributed by atoms with Crippen LogP contribution in [0.3, 0.4) is 0 Å². The molecule has 0 radical (unpaired) electrons. The Labute approximate surface area is 161 Å². The largest absolute Gasteiger partial charge is 0.294 e. The zero-order valence-electron chi connectivity index (χ0n) is 15.4. The minimum Gasteiger partial charge on any atom is -0.294 e. The SMILES string of the molecule is Cc1nn2c3c(cnc2c1-c1ccccc1)C(=O)C[C@@H](c1ccc(F)cc1)C3. The van der Waals surface area contributed by atoms with Crippen LogP contribution in [0.4, 0.5) is 4.39 Å². The van der Waals surface area contributed by atoms with Crippen molar-refractivity contribution in [3.05, 3.63) is 89.1 Å². The average Bonchev–Trinajstić information content (AvgIpc) is 3.05. The summed E-state index contributed by atoms with van der Waals surface area (Å²) in [6.07, 6.45) is 2.75. The molecule has 0 aliphatic heterocycles. The Morgan fingerprint density at radius 1 is 1.04 bits per heavy atom. The van der Waals surface area contributed by atoms with Crippen LogP contribution in [-0.4, -0.2) is 20.4 Å². The number of benzene rings is 2. The van der Waals surface area contributed by atoms with Crippen LogP contribution in [0.2, 0.25) is 0 Å². The van der Waals surface area contributed by atoms with Crippen LogP contribution >= 0.6 is 0 Å². The van der Waals surface area contributed by atoms with E-state index in [1.54, 1.807) is 18.3 Å². The molecule has 2 aromatic carbocycles. The predicted octanol–water partition coefficient (Wildman–Crippen LogP) is 4.76. The number of fused-ring (bicyclic) bond motifs is 3. The molecule has 1 atom stereocenters. The Bertz CT molecular complexity index is 1200. The lowest BCUT2D eigenvalue weighted by Crippen LogP contribution is -2.22. The molecular formula is C23H18FN3O. The van der Waals surface area contributed by atoms with Gasteiger partial charge in [0.25, 0.3) is 0 Å². The maximum atomic E-state index is 13.3. The van der Waals surface area contributed by atoms with Crippen LogP contribution in [0, 0.1) is 12.7 Å². The number of hydrogen-bond donors (Lipinski definition) is 0. The third-order valence-electron chi connectivity index (χ3n) is 5.49. The highest BCUT2D eigenvalue weighted by Crippen LogP contribution is 2.35. The van der Waals surface area contributed by atoms with E-state index >= 15 is 0 Å². The predicted molar refractivity (Wildman–Crippen MR) is 105 cm³/mol. The maximum absolute atomic E-state index is 13.3. The van der Waals surface area contributed by atoms with Gasteiger partial charge in [-0.05, 0) is 42.5 Å². The van der Waals surface area contributed by atoms with E-state index in [0.717, 1.165) is 33.7 Å². The van der Waals surface area contributed by atoms with Crippen molar-refractivity contribution in [2.24, 2.45) is 0 Å². The van der Waals surface area contributed by atoms with Gasteiger partial charge in [0.2, 0.25) is 0 Å². The summed E-state index contributed by atoms with van der Waals surface area (Å²) in [6, 6.07) is 16.5. The Morgan fingerprint density at radius 2 is 1.79 bits per heavy atom. The highest BCUT2D eigenvalue weighted by Gasteiger charge is 2.30. The minimum atomic E-state index is -0.270. The third kappa shape index (κ3) is 2.62. The molecule has 1 aliphatic carbocycles. The highest BCUT2D eigenvalue weighted by atomic mass is 19.1. The standard InChI is InChI=1S/C23H18FN3O/c1-14-22(16-5-3-2-4-6-16)23-25-13-19-20(27(23)26-14)11-17(12-21(19)28)15-7-9-18(24)10-8-15/h2-10,13,17H,11-12H2,1H3/t17-/m0/s1. The van der Waals surface area contributed by atoms with Crippen LogP contribution in [0.15, 0.2) is 60.8 Å². The van der Waals surface area contributed by atoms with Gasteiger partial charge in [0.1, 0.15) is 5.82 Å². The topological polar surface area (TPSA) is 47.3 Å². The van der Waals surface area contributed by atoms with Crippen molar-refractivity contribution in [1.29, 1.82) is 0 Å². The lowest BCUT2D eigenvalue weighted by Gasteiger charge is -2.24. The number of carbonyl (C=O) groups excluding carboxylic acids is 1. The second-order valence-electron chi connectivity index (χ2n) is 7.26. The van der Waals surface area contributed by atoms with E-state index in [2.05, 4.69) is 4.98 Å². The first kappa shape index (κ1) is 16.8. The molecule has 0 fully saturated rings. The Morgan fingerprint density at radius 3 is 2.54 bits per heavy atom. The summed E-state index contributed by atoms with van der Waals surface area (Å²) < 4.78 is 15.1. The molecule has 138 valence electrons. The van der Waals surface area contributed by atoms with E-state index < -0.39 is 0 Å². The maximum Gasteiger partial charge on any atom is 0.166 e. The molecular weight excluding hydrogens is 353 g/mol. The first-order chi connectivity index (χ1) is 13.6. The van der Waals surface area contributed by atoms with Gasteiger partial charge in [0.15, 0.2) is 11.4 Å². The Balaban J connectivity index is 1.66. The van der Waals surface area contributed by atoms with Crippen LogP contribution in [-0.2, 0) is 6.42 Å². The number of hydrogen-bond acceptors (Lipinski definition) is 3.